The average Bonchev–Trinajstić information content (AvgIpc) is 2.08. The molecule has 1 amide bonds. The fraction of sp³-hybridized carbons (Fsp3) is 0.909. The van der Waals surface area contributed by atoms with Crippen LogP contribution in [0.5, 0.6) is 0 Å². The molecule has 1 N–H and O–H groups in total. The monoisotopic (exact) mass is 200 g/mol. The molecule has 3 heteroatoms. The molecule has 1 heterocycles. The number of nitrogens with zero attached hydrogens (tertiary/aromatic N) is 1. The summed E-state index contributed by atoms with van der Waals surface area (Å²) in [5.74, 6) is 0.833. The Morgan fingerprint density at radius 1 is 1.29 bits per heavy atom. The summed E-state index contributed by atoms with van der Waals surface area (Å²) in [5.41, 5.74) is 0. The molecule has 1 aliphatic heterocycles. The number of amides is 1. The second kappa shape index (κ2) is 7.80. The van der Waals surface area contributed by atoms with Gasteiger partial charge in [0.2, 0.25) is 6.41 Å². The topological polar surface area (TPSA) is 32.3 Å². The van der Waals surface area contributed by atoms with Crippen LogP contribution in [0.4, 0.5) is 0 Å². The highest BCUT2D eigenvalue weighted by Crippen LogP contribution is 2.06. The molecule has 1 saturated heterocycles. The lowest BCUT2D eigenvalue weighted by molar-refractivity contribution is -0.110. The zero-order valence-corrected chi connectivity index (χ0v) is 9.92. The van der Waals surface area contributed by atoms with E-state index < -0.39 is 0 Å². The van der Waals surface area contributed by atoms with Gasteiger partial charge in [-0.3, -0.25) is 4.79 Å². The van der Waals surface area contributed by atoms with Crippen molar-refractivity contribution < 1.29 is 4.79 Å². The van der Waals surface area contributed by atoms with Crippen LogP contribution >= 0.6 is 0 Å². The number of carbonyl (C=O) groups excluding carboxylic acids is 1. The fourth-order valence-electron chi connectivity index (χ4n) is 1.27. The highest BCUT2D eigenvalue weighted by atomic mass is 16.1. The van der Waals surface area contributed by atoms with Crippen LogP contribution in [0.1, 0.15) is 33.6 Å². The molecule has 3 nitrogen and oxygen atoms in total. The van der Waals surface area contributed by atoms with E-state index in [1.165, 1.54) is 0 Å². The van der Waals surface area contributed by atoms with Crippen molar-refractivity contribution >= 4 is 6.41 Å². The van der Waals surface area contributed by atoms with E-state index in [1.807, 2.05) is 0 Å². The number of piperidine rings is 1. The lowest BCUT2D eigenvalue weighted by atomic mass is 10.1. The summed E-state index contributed by atoms with van der Waals surface area (Å²) >= 11 is 0. The Hall–Kier alpha value is -0.570. The first kappa shape index (κ1) is 13.4. The van der Waals surface area contributed by atoms with Crippen LogP contribution in [0.2, 0.25) is 0 Å². The van der Waals surface area contributed by atoms with Gasteiger partial charge in [-0.25, -0.2) is 0 Å². The maximum absolute atomic E-state index is 10.0. The predicted molar refractivity (Wildman–Crippen MR) is 60.2 cm³/mol. The Morgan fingerprint density at radius 3 is 2.07 bits per heavy atom. The van der Waals surface area contributed by atoms with Crippen molar-refractivity contribution in [1.29, 1.82) is 0 Å². The molecule has 0 aromatic carbocycles. The van der Waals surface area contributed by atoms with Crippen LogP contribution in [0.25, 0.3) is 0 Å². The summed E-state index contributed by atoms with van der Waals surface area (Å²) in [5, 5.41) is 2.80. The molecule has 0 spiro atoms. The fourth-order valence-corrected chi connectivity index (χ4v) is 1.27. The molecule has 1 rings (SSSR count). The third-order valence-corrected chi connectivity index (χ3v) is 2.02. The maximum Gasteiger partial charge on any atom is 0.207 e. The molecule has 14 heavy (non-hydrogen) atoms. The summed E-state index contributed by atoms with van der Waals surface area (Å²) in [7, 11) is 2.11. The number of hydrogen-bond acceptors (Lipinski definition) is 2. The second-order valence-corrected chi connectivity index (χ2v) is 4.59. The molecule has 0 saturated carbocycles. The van der Waals surface area contributed by atoms with Gasteiger partial charge in [-0.2, -0.15) is 0 Å². The first-order valence-corrected chi connectivity index (χ1v) is 5.44. The largest absolute Gasteiger partial charge is 0.356 e. The minimum atomic E-state index is 0.425. The number of hydrogen-bond donors (Lipinski definition) is 1. The minimum Gasteiger partial charge on any atom is -0.356 e. The summed E-state index contributed by atoms with van der Waals surface area (Å²) < 4.78 is 0. The number of likely N-dealkylation sites (tertiary alicyclic amines) is 1. The van der Waals surface area contributed by atoms with Crippen molar-refractivity contribution in [3.05, 3.63) is 0 Å². The maximum atomic E-state index is 10.0. The van der Waals surface area contributed by atoms with Gasteiger partial charge >= 0.3 is 0 Å². The number of rotatable bonds is 2. The van der Waals surface area contributed by atoms with Gasteiger partial charge in [0.25, 0.3) is 0 Å². The van der Waals surface area contributed by atoms with E-state index >= 15 is 0 Å². The minimum absolute atomic E-state index is 0.425. The van der Waals surface area contributed by atoms with E-state index in [9.17, 15) is 4.79 Å². The van der Waals surface area contributed by atoms with Gasteiger partial charge in [-0.05, 0) is 38.9 Å². The average molecular weight is 200 g/mol. The Labute approximate surface area is 87.9 Å². The van der Waals surface area contributed by atoms with E-state index in [-0.39, 0.29) is 0 Å². The second-order valence-electron chi connectivity index (χ2n) is 4.59. The third kappa shape index (κ3) is 8.05. The van der Waals surface area contributed by atoms with Crippen molar-refractivity contribution in [1.82, 2.24) is 10.2 Å². The number of nitrogens with one attached hydrogen (secondary N) is 1. The van der Waals surface area contributed by atoms with Crippen molar-refractivity contribution in [2.24, 2.45) is 5.92 Å². The lowest BCUT2D eigenvalue weighted by Crippen LogP contribution is -2.40. The van der Waals surface area contributed by atoms with Crippen molar-refractivity contribution in [2.45, 2.75) is 39.7 Å². The molecule has 1 fully saturated rings. The normalized spacial score (nSPS) is 18.6. The highest BCUT2D eigenvalue weighted by molar-refractivity contribution is 5.46. The lowest BCUT2D eigenvalue weighted by Gasteiger charge is -2.28. The van der Waals surface area contributed by atoms with Gasteiger partial charge in [0.1, 0.15) is 0 Å². The molecule has 0 bridgehead atoms. The standard InChI is InChI=1S/C7H14N2O.C4H10/c1-9-4-2-7(3-5-9)8-6-10;1-4(2)3/h6-7H,2-5H2,1H3,(H,8,10);4H,1-3H3. The molecular formula is C11H24N2O. The zero-order valence-electron chi connectivity index (χ0n) is 9.92. The highest BCUT2D eigenvalue weighted by Gasteiger charge is 2.14. The van der Waals surface area contributed by atoms with Crippen LogP contribution in [-0.2, 0) is 4.79 Å². The van der Waals surface area contributed by atoms with Crippen molar-refractivity contribution in [2.75, 3.05) is 20.1 Å². The quantitative estimate of drug-likeness (QED) is 0.685. The molecular weight excluding hydrogens is 176 g/mol. The van der Waals surface area contributed by atoms with Gasteiger partial charge in [0, 0.05) is 6.04 Å². The SMILES string of the molecule is CC(C)C.CN1CCC(NC=O)CC1. The van der Waals surface area contributed by atoms with Crippen LogP contribution in [-0.4, -0.2) is 37.5 Å². The van der Waals surface area contributed by atoms with Gasteiger partial charge in [0.05, 0.1) is 0 Å². The van der Waals surface area contributed by atoms with Crippen LogP contribution in [0.15, 0.2) is 0 Å². The molecule has 0 atom stereocenters. The first-order valence-electron chi connectivity index (χ1n) is 5.44. The van der Waals surface area contributed by atoms with Crippen molar-refractivity contribution in [3.8, 4) is 0 Å². The van der Waals surface area contributed by atoms with Gasteiger partial charge in [-0.1, -0.05) is 20.8 Å². The molecule has 0 aliphatic carbocycles. The van der Waals surface area contributed by atoms with E-state index in [0.29, 0.717) is 6.04 Å². The Bertz CT molecular complexity index is 137. The summed E-state index contributed by atoms with van der Waals surface area (Å²) in [6.07, 6.45) is 2.99. The Kier molecular flexibility index (Phi) is 7.48. The van der Waals surface area contributed by atoms with E-state index in [4.69, 9.17) is 0 Å². The van der Waals surface area contributed by atoms with Gasteiger partial charge < -0.3 is 10.2 Å². The molecule has 0 aromatic rings. The Balaban J connectivity index is 0.000000364. The molecule has 0 unspecified atom stereocenters. The summed E-state index contributed by atoms with van der Waals surface area (Å²) in [6.45, 7) is 8.71. The van der Waals surface area contributed by atoms with Gasteiger partial charge in [0.15, 0.2) is 0 Å². The zero-order chi connectivity index (χ0) is 11.0. The molecule has 1 aliphatic rings. The van der Waals surface area contributed by atoms with Crippen LogP contribution in [0, 0.1) is 5.92 Å². The predicted octanol–water partition coefficient (Wildman–Crippen LogP) is 1.49. The van der Waals surface area contributed by atoms with E-state index in [2.05, 4.69) is 38.0 Å². The smallest absolute Gasteiger partial charge is 0.207 e. The first-order chi connectivity index (χ1) is 6.56. The molecule has 84 valence electrons. The third-order valence-electron chi connectivity index (χ3n) is 2.02. The summed E-state index contributed by atoms with van der Waals surface area (Å²) in [4.78, 5) is 12.3. The van der Waals surface area contributed by atoms with E-state index in [0.717, 1.165) is 38.3 Å². The summed E-state index contributed by atoms with van der Waals surface area (Å²) in [6, 6.07) is 0.425. The molecule has 0 aromatic heterocycles. The van der Waals surface area contributed by atoms with E-state index in [1.54, 1.807) is 0 Å². The van der Waals surface area contributed by atoms with Gasteiger partial charge in [-0.15, -0.1) is 0 Å². The Morgan fingerprint density at radius 2 is 1.71 bits per heavy atom. The van der Waals surface area contributed by atoms with Crippen LogP contribution in [0.3, 0.4) is 0 Å². The van der Waals surface area contributed by atoms with Crippen LogP contribution < -0.4 is 5.32 Å². The number of carbonyl (C=O) groups is 1. The van der Waals surface area contributed by atoms with Crippen molar-refractivity contribution in [3.63, 3.8) is 0 Å². The molecule has 0 radical (unpaired) electrons.